The highest BCUT2D eigenvalue weighted by Crippen LogP contribution is 2.15. The van der Waals surface area contributed by atoms with Gasteiger partial charge in [-0.05, 0) is 24.4 Å². The van der Waals surface area contributed by atoms with Crippen LogP contribution >= 0.6 is 11.6 Å². The van der Waals surface area contributed by atoms with Gasteiger partial charge in [0.15, 0.2) is 6.10 Å². The first-order chi connectivity index (χ1) is 22.9. The summed E-state index contributed by atoms with van der Waals surface area (Å²) in [5.74, 6) is -1.36. The Morgan fingerprint density at radius 1 is 0.404 bits per heavy atom. The molecule has 0 radical (unpaired) electrons. The van der Waals surface area contributed by atoms with Crippen LogP contribution in [0.15, 0.2) is 0 Å². The topological polar surface area (TPSA) is 96.0 Å². The Bertz CT molecular complexity index is 712. The number of ether oxygens (including phenoxy) is 3. The molecule has 0 aromatic carbocycles. The lowest BCUT2D eigenvalue weighted by Crippen LogP contribution is -2.31. The van der Waals surface area contributed by atoms with Gasteiger partial charge < -0.3 is 14.2 Å². The Kier molecular flexibility index (Phi) is 34.4. The normalized spacial score (nSPS) is 11.1. The molecule has 0 N–H and O–H groups in total. The van der Waals surface area contributed by atoms with Crippen LogP contribution in [0.25, 0.3) is 0 Å². The molecule has 0 aliphatic heterocycles. The molecule has 0 aliphatic rings. The van der Waals surface area contributed by atoms with Crippen LogP contribution in [0, 0.1) is 0 Å². The molecule has 0 saturated carbocycles. The predicted octanol–water partition coefficient (Wildman–Crippen LogP) is 11.5. The van der Waals surface area contributed by atoms with E-state index >= 15 is 0 Å². The zero-order valence-corrected chi connectivity index (χ0v) is 31.2. The van der Waals surface area contributed by atoms with E-state index in [1.54, 1.807) is 0 Å². The Morgan fingerprint density at radius 3 is 1.00 bits per heavy atom. The zero-order valence-electron chi connectivity index (χ0n) is 30.4. The van der Waals surface area contributed by atoms with Gasteiger partial charge in [-0.25, -0.2) is 0 Å². The van der Waals surface area contributed by atoms with Gasteiger partial charge in [0.2, 0.25) is 5.24 Å². The maximum absolute atomic E-state index is 12.3. The number of hydrogen-bond donors (Lipinski definition) is 0. The summed E-state index contributed by atoms with van der Waals surface area (Å²) >= 11 is 5.33. The van der Waals surface area contributed by atoms with Crippen LogP contribution in [0.5, 0.6) is 0 Å². The number of carbonyl (C=O) groups is 4. The Balaban J connectivity index is 4.08. The molecule has 0 aromatic rings. The summed E-state index contributed by atoms with van der Waals surface area (Å²) in [7, 11) is 0. The van der Waals surface area contributed by atoms with Crippen LogP contribution in [-0.2, 0) is 33.4 Å². The van der Waals surface area contributed by atoms with Crippen LogP contribution < -0.4 is 0 Å². The number of esters is 3. The number of halogens is 1. The highest BCUT2D eigenvalue weighted by Gasteiger charge is 2.20. The fourth-order valence-electron chi connectivity index (χ4n) is 5.65. The van der Waals surface area contributed by atoms with Gasteiger partial charge in [0.1, 0.15) is 13.2 Å². The van der Waals surface area contributed by atoms with Crippen molar-refractivity contribution in [2.24, 2.45) is 0 Å². The van der Waals surface area contributed by atoms with Crippen LogP contribution in [0.4, 0.5) is 0 Å². The van der Waals surface area contributed by atoms with E-state index in [1.807, 2.05) is 0 Å². The molecule has 8 heteroatoms. The third-order valence-corrected chi connectivity index (χ3v) is 8.84. The van der Waals surface area contributed by atoms with E-state index < -0.39 is 17.3 Å². The lowest BCUT2D eigenvalue weighted by atomic mass is 10.0. The van der Waals surface area contributed by atoms with Crippen LogP contribution in [-0.4, -0.2) is 42.5 Å². The van der Waals surface area contributed by atoms with Gasteiger partial charge in [-0.1, -0.05) is 168 Å². The molecule has 0 bridgehead atoms. The SMILES string of the molecule is CCCCCCCCCCCCCCCC(=O)OCC(COC(=O)CCCCCCCCCCCCCCC)OC(=O)CCC(=O)Cl. The molecule has 276 valence electrons. The third kappa shape index (κ3) is 35.5. The quantitative estimate of drug-likeness (QED) is 0.0280. The minimum absolute atomic E-state index is 0.148. The van der Waals surface area contributed by atoms with Gasteiger partial charge in [0, 0.05) is 19.3 Å². The van der Waals surface area contributed by atoms with E-state index in [9.17, 15) is 19.2 Å². The first kappa shape index (κ1) is 45.4. The lowest BCUT2D eigenvalue weighted by Gasteiger charge is -2.18. The minimum Gasteiger partial charge on any atom is -0.462 e. The molecule has 0 rings (SSSR count). The largest absolute Gasteiger partial charge is 0.462 e. The summed E-state index contributed by atoms with van der Waals surface area (Å²) in [5.41, 5.74) is 0. The molecule has 0 atom stereocenters. The molecule has 0 saturated heterocycles. The first-order valence-corrected chi connectivity index (χ1v) is 20.0. The van der Waals surface area contributed by atoms with Crippen molar-refractivity contribution in [3.63, 3.8) is 0 Å². The van der Waals surface area contributed by atoms with Gasteiger partial charge in [0.25, 0.3) is 0 Å². The van der Waals surface area contributed by atoms with Crippen molar-refractivity contribution in [2.45, 2.75) is 213 Å². The predicted molar refractivity (Wildman–Crippen MR) is 193 cm³/mol. The van der Waals surface area contributed by atoms with Crippen molar-refractivity contribution in [1.82, 2.24) is 0 Å². The van der Waals surface area contributed by atoms with Crippen molar-refractivity contribution < 1.29 is 33.4 Å². The summed E-state index contributed by atoms with van der Waals surface area (Å²) in [5, 5.41) is -0.632. The molecular weight excluding hydrogens is 616 g/mol. The minimum atomic E-state index is -0.917. The van der Waals surface area contributed by atoms with Crippen molar-refractivity contribution in [3.05, 3.63) is 0 Å². The van der Waals surface area contributed by atoms with Gasteiger partial charge in [-0.15, -0.1) is 0 Å². The van der Waals surface area contributed by atoms with E-state index in [4.69, 9.17) is 25.8 Å². The second-order valence-corrected chi connectivity index (χ2v) is 13.7. The molecule has 0 spiro atoms. The second-order valence-electron chi connectivity index (χ2n) is 13.3. The average molecular weight is 687 g/mol. The molecule has 0 amide bonds. The van der Waals surface area contributed by atoms with Crippen LogP contribution in [0.2, 0.25) is 0 Å². The summed E-state index contributed by atoms with van der Waals surface area (Å²) in [6, 6.07) is 0. The van der Waals surface area contributed by atoms with E-state index in [-0.39, 0.29) is 38.0 Å². The zero-order chi connectivity index (χ0) is 34.6. The maximum Gasteiger partial charge on any atom is 0.306 e. The third-order valence-electron chi connectivity index (χ3n) is 8.65. The smallest absolute Gasteiger partial charge is 0.306 e. The Morgan fingerprint density at radius 2 is 0.702 bits per heavy atom. The maximum atomic E-state index is 12.3. The molecule has 0 unspecified atom stereocenters. The van der Waals surface area contributed by atoms with Crippen molar-refractivity contribution >= 4 is 34.8 Å². The first-order valence-electron chi connectivity index (χ1n) is 19.6. The molecule has 0 aliphatic carbocycles. The number of unbranched alkanes of at least 4 members (excludes halogenated alkanes) is 24. The van der Waals surface area contributed by atoms with Crippen LogP contribution in [0.1, 0.15) is 206 Å². The number of carbonyl (C=O) groups excluding carboxylic acids is 4. The van der Waals surface area contributed by atoms with Gasteiger partial charge in [-0.3, -0.25) is 19.2 Å². The molecule has 47 heavy (non-hydrogen) atoms. The van der Waals surface area contributed by atoms with Crippen molar-refractivity contribution in [1.29, 1.82) is 0 Å². The summed E-state index contributed by atoms with van der Waals surface area (Å²) in [6.07, 6.45) is 31.3. The Hall–Kier alpha value is -1.63. The molecule has 0 aromatic heterocycles. The molecule has 7 nitrogen and oxygen atoms in total. The summed E-state index contributed by atoms with van der Waals surface area (Å²) < 4.78 is 16.0. The standard InChI is InChI=1S/C39H71ClO7/c1-3-5-7-9-11-13-15-17-19-21-23-25-27-29-37(42)45-33-35(47-39(44)32-31-36(40)41)34-46-38(43)30-28-26-24-22-20-18-16-14-12-10-8-6-4-2/h35H,3-34H2,1-2H3. The lowest BCUT2D eigenvalue weighted by molar-refractivity contribution is -0.167. The average Bonchev–Trinajstić information content (AvgIpc) is 3.05. The van der Waals surface area contributed by atoms with Crippen molar-refractivity contribution in [2.75, 3.05) is 13.2 Å². The second kappa shape index (κ2) is 35.7. The van der Waals surface area contributed by atoms with E-state index in [0.29, 0.717) is 12.8 Å². The highest BCUT2D eigenvalue weighted by molar-refractivity contribution is 6.63. The van der Waals surface area contributed by atoms with Crippen molar-refractivity contribution in [3.8, 4) is 0 Å². The van der Waals surface area contributed by atoms with E-state index in [0.717, 1.165) is 38.5 Å². The van der Waals surface area contributed by atoms with E-state index in [1.165, 1.54) is 128 Å². The highest BCUT2D eigenvalue weighted by atomic mass is 35.5. The molecule has 0 fully saturated rings. The summed E-state index contributed by atoms with van der Waals surface area (Å²) in [4.78, 5) is 47.8. The monoisotopic (exact) mass is 686 g/mol. The fraction of sp³-hybridized carbons (Fsp3) is 0.897. The molecule has 0 heterocycles. The van der Waals surface area contributed by atoms with Gasteiger partial charge in [-0.2, -0.15) is 0 Å². The fourth-order valence-corrected chi connectivity index (χ4v) is 5.75. The van der Waals surface area contributed by atoms with E-state index in [2.05, 4.69) is 13.8 Å². The Labute approximate surface area is 293 Å². The summed E-state index contributed by atoms with van der Waals surface area (Å²) in [6.45, 7) is 4.11. The number of hydrogen-bond acceptors (Lipinski definition) is 7. The van der Waals surface area contributed by atoms with Crippen LogP contribution in [0.3, 0.4) is 0 Å². The number of rotatable bonds is 36. The van der Waals surface area contributed by atoms with Gasteiger partial charge >= 0.3 is 17.9 Å². The van der Waals surface area contributed by atoms with Gasteiger partial charge in [0.05, 0.1) is 6.42 Å². The molecular formula is C39H71ClO7.